The Bertz CT molecular complexity index is 1580. The number of rotatable bonds is 4. The van der Waals surface area contributed by atoms with E-state index in [-0.39, 0.29) is 17.4 Å². The number of aromatic nitrogens is 3. The van der Waals surface area contributed by atoms with Crippen LogP contribution in [-0.2, 0) is 21.2 Å². The van der Waals surface area contributed by atoms with E-state index < -0.39 is 22.0 Å². The van der Waals surface area contributed by atoms with Crippen molar-refractivity contribution in [1.82, 2.24) is 14.4 Å². The number of alkyl halides is 3. The first-order valence-corrected chi connectivity index (χ1v) is 13.2. The van der Waals surface area contributed by atoms with Crippen molar-refractivity contribution in [3.05, 3.63) is 72.4 Å². The van der Waals surface area contributed by atoms with Crippen molar-refractivity contribution in [3.8, 4) is 0 Å². The van der Waals surface area contributed by atoms with E-state index in [2.05, 4.69) is 15.3 Å². The summed E-state index contributed by atoms with van der Waals surface area (Å²) >= 11 is 0. The first kappa shape index (κ1) is 27.0. The molecule has 1 amide bonds. The Morgan fingerprint density at radius 2 is 1.76 bits per heavy atom. The Morgan fingerprint density at radius 1 is 1.05 bits per heavy atom. The van der Waals surface area contributed by atoms with Crippen LogP contribution in [0.25, 0.3) is 16.4 Å². The van der Waals surface area contributed by atoms with Gasteiger partial charge in [0.05, 0.1) is 41.3 Å². The van der Waals surface area contributed by atoms with Crippen LogP contribution in [0, 0.1) is 0 Å². The van der Waals surface area contributed by atoms with Crippen molar-refractivity contribution in [2.75, 3.05) is 29.9 Å². The predicted molar refractivity (Wildman–Crippen MR) is 129 cm³/mol. The number of pyridine rings is 2. The van der Waals surface area contributed by atoms with Gasteiger partial charge in [-0.2, -0.15) is 13.2 Å². The summed E-state index contributed by atoms with van der Waals surface area (Å²) < 4.78 is 56.8. The summed E-state index contributed by atoms with van der Waals surface area (Å²) in [6, 6.07) is 15.1. The van der Waals surface area contributed by atoms with E-state index in [1.54, 1.807) is 10.6 Å². The lowest BCUT2D eigenvalue weighted by molar-refractivity contribution is -0.910. The molecule has 1 fully saturated rings. The third-order valence-electron chi connectivity index (χ3n) is 5.90. The van der Waals surface area contributed by atoms with Crippen LogP contribution in [0.2, 0.25) is 0 Å². The molecule has 0 atom stereocenters. The summed E-state index contributed by atoms with van der Waals surface area (Å²) in [6.07, 6.45) is -1.65. The lowest BCUT2D eigenvalue weighted by Crippen LogP contribution is -3.13. The van der Waals surface area contributed by atoms with Crippen molar-refractivity contribution in [1.29, 1.82) is 0 Å². The van der Waals surface area contributed by atoms with Gasteiger partial charge in [0.1, 0.15) is 18.2 Å². The number of imidazole rings is 1. The minimum Gasteiger partial charge on any atom is -0.542 e. The Kier molecular flexibility index (Phi) is 7.64. The molecule has 0 spiro atoms. The standard InChI is InChI=1S/C22H21N5O3S.C2HF3O2/c28-22(25-18-7-3-6-17-16(18)5-4-9-23-17)21-24-19(20-8-1-2-10-27(20)21)15-26-11-13-31(29,30)14-12-26;3-2(4,5)1(6)7/h1-10H,11-15H2,(H,25,28);(H,6,7). The highest BCUT2D eigenvalue weighted by atomic mass is 32.2. The number of carbonyl (C=O) groups is 2. The average Bonchev–Trinajstić information content (AvgIpc) is 3.24. The van der Waals surface area contributed by atoms with Crippen LogP contribution in [0.3, 0.4) is 0 Å². The van der Waals surface area contributed by atoms with E-state index in [0.29, 0.717) is 31.1 Å². The minimum atomic E-state index is -5.19. The van der Waals surface area contributed by atoms with Gasteiger partial charge in [-0.05, 0) is 36.4 Å². The zero-order valence-electron chi connectivity index (χ0n) is 19.7. The van der Waals surface area contributed by atoms with Gasteiger partial charge in [0.2, 0.25) is 5.82 Å². The van der Waals surface area contributed by atoms with Crippen LogP contribution < -0.4 is 15.3 Å². The number of nitrogens with zero attached hydrogens (tertiary/aromatic N) is 3. The number of nitrogens with one attached hydrogen (secondary N) is 2. The maximum Gasteiger partial charge on any atom is 0.430 e. The van der Waals surface area contributed by atoms with E-state index >= 15 is 0 Å². The molecule has 5 rings (SSSR count). The maximum absolute atomic E-state index is 13.2. The van der Waals surface area contributed by atoms with Gasteiger partial charge in [-0.1, -0.05) is 12.1 Å². The molecule has 4 aromatic rings. The zero-order chi connectivity index (χ0) is 27.5. The molecule has 2 N–H and O–H groups in total. The highest BCUT2D eigenvalue weighted by Gasteiger charge is 2.29. The maximum atomic E-state index is 13.2. The van der Waals surface area contributed by atoms with Gasteiger partial charge in [-0.3, -0.25) is 14.2 Å². The van der Waals surface area contributed by atoms with Gasteiger partial charge in [-0.25, -0.2) is 13.4 Å². The molecule has 200 valence electrons. The van der Waals surface area contributed by atoms with Gasteiger partial charge >= 0.3 is 6.18 Å². The summed E-state index contributed by atoms with van der Waals surface area (Å²) in [5.41, 5.74) is 3.13. The van der Waals surface area contributed by atoms with Crippen molar-refractivity contribution in [2.24, 2.45) is 0 Å². The van der Waals surface area contributed by atoms with E-state index in [4.69, 9.17) is 9.90 Å². The Balaban J connectivity index is 0.000000426. The van der Waals surface area contributed by atoms with Crippen LogP contribution in [0.15, 0.2) is 60.9 Å². The number of hydrogen-bond acceptors (Lipinski definition) is 7. The zero-order valence-corrected chi connectivity index (χ0v) is 20.6. The fourth-order valence-electron chi connectivity index (χ4n) is 4.02. The second-order valence-electron chi connectivity index (χ2n) is 8.53. The molecule has 4 heterocycles. The number of anilines is 1. The van der Waals surface area contributed by atoms with Crippen molar-refractivity contribution in [2.45, 2.75) is 12.7 Å². The number of halogens is 3. The number of carboxylic acids is 1. The molecule has 0 saturated carbocycles. The summed E-state index contributed by atoms with van der Waals surface area (Å²) in [7, 11) is -2.93. The van der Waals surface area contributed by atoms with Gasteiger partial charge in [0, 0.05) is 17.8 Å². The number of aliphatic carboxylic acids is 1. The first-order valence-electron chi connectivity index (χ1n) is 11.4. The second-order valence-corrected chi connectivity index (χ2v) is 10.8. The van der Waals surface area contributed by atoms with Crippen molar-refractivity contribution >= 4 is 43.8 Å². The van der Waals surface area contributed by atoms with E-state index in [9.17, 15) is 26.4 Å². The minimum absolute atomic E-state index is 0.191. The van der Waals surface area contributed by atoms with Crippen LogP contribution in [0.4, 0.5) is 18.9 Å². The molecule has 0 aliphatic carbocycles. The molecule has 0 radical (unpaired) electrons. The van der Waals surface area contributed by atoms with Gasteiger partial charge in [-0.15, -0.1) is 0 Å². The number of quaternary nitrogens is 1. The average molecular weight is 550 g/mol. The highest BCUT2D eigenvalue weighted by molar-refractivity contribution is 7.91. The summed E-state index contributed by atoms with van der Waals surface area (Å²) in [6.45, 7) is 1.69. The molecule has 1 aliphatic heterocycles. The fraction of sp³-hybridized carbons (Fsp3) is 0.250. The Labute approximate surface area is 214 Å². The normalized spacial score (nSPS) is 15.6. The molecule has 3 aromatic heterocycles. The number of amides is 1. The third kappa shape index (κ3) is 6.26. The SMILES string of the molecule is O=C(Nc1cccc2ncccc12)c1nc(C[NH+]2CCS(=O)(=O)CC2)c2ccccn12.O=C([O-])C(F)(F)F. The Hall–Kier alpha value is -4.04. The van der Waals surface area contributed by atoms with Crippen LogP contribution >= 0.6 is 0 Å². The number of sulfone groups is 1. The lowest BCUT2D eigenvalue weighted by Gasteiger charge is -2.22. The van der Waals surface area contributed by atoms with Crippen LogP contribution in [0.5, 0.6) is 0 Å². The second kappa shape index (κ2) is 10.8. The summed E-state index contributed by atoms with van der Waals surface area (Å²) in [5.74, 6) is -2.63. The molecule has 10 nitrogen and oxygen atoms in total. The summed E-state index contributed by atoms with van der Waals surface area (Å²) in [5, 5.41) is 12.6. The van der Waals surface area contributed by atoms with E-state index in [0.717, 1.165) is 27.0 Å². The molecule has 14 heteroatoms. The lowest BCUT2D eigenvalue weighted by atomic mass is 10.2. The molecule has 1 aromatic carbocycles. The highest BCUT2D eigenvalue weighted by Crippen LogP contribution is 2.22. The Morgan fingerprint density at radius 3 is 2.45 bits per heavy atom. The van der Waals surface area contributed by atoms with E-state index in [1.807, 2.05) is 54.7 Å². The predicted octanol–water partition coefficient (Wildman–Crippen LogP) is 0.247. The molecule has 38 heavy (non-hydrogen) atoms. The molecule has 0 unspecified atom stereocenters. The molecular weight excluding hydrogens is 527 g/mol. The fourth-order valence-corrected chi connectivity index (χ4v) is 5.43. The topological polar surface area (TPSA) is 138 Å². The molecular formula is C24H22F3N5O5S. The number of benzene rings is 1. The molecule has 1 saturated heterocycles. The number of carboxylic acid groups (broad SMARTS) is 1. The summed E-state index contributed by atoms with van der Waals surface area (Å²) in [4.78, 5) is 32.1. The molecule has 1 aliphatic rings. The number of hydrogen-bond donors (Lipinski definition) is 2. The molecule has 0 bridgehead atoms. The largest absolute Gasteiger partial charge is 0.542 e. The van der Waals surface area contributed by atoms with Crippen LogP contribution in [-0.4, -0.2) is 65.4 Å². The van der Waals surface area contributed by atoms with Crippen molar-refractivity contribution < 1.29 is 41.2 Å². The smallest absolute Gasteiger partial charge is 0.430 e. The van der Waals surface area contributed by atoms with Gasteiger partial charge < -0.3 is 20.1 Å². The third-order valence-corrected chi connectivity index (χ3v) is 7.56. The monoisotopic (exact) mass is 549 g/mol. The van der Waals surface area contributed by atoms with Crippen LogP contribution in [0.1, 0.15) is 16.3 Å². The number of fused-ring (bicyclic) bond motifs is 2. The van der Waals surface area contributed by atoms with E-state index in [1.165, 1.54) is 0 Å². The number of carbonyl (C=O) groups excluding carboxylic acids is 2. The van der Waals surface area contributed by atoms with Crippen molar-refractivity contribution in [3.63, 3.8) is 0 Å². The quantitative estimate of drug-likeness (QED) is 0.372. The first-order chi connectivity index (χ1) is 17.9. The van der Waals surface area contributed by atoms with Gasteiger partial charge in [0.25, 0.3) is 5.91 Å². The van der Waals surface area contributed by atoms with Gasteiger partial charge in [0.15, 0.2) is 9.84 Å².